The summed E-state index contributed by atoms with van der Waals surface area (Å²) < 4.78 is 0. The van der Waals surface area contributed by atoms with E-state index in [2.05, 4.69) is 36.5 Å². The molecule has 2 heteroatoms. The topological polar surface area (TPSA) is 32.3 Å². The normalized spacial score (nSPS) is 26.5. The van der Waals surface area contributed by atoms with Crippen molar-refractivity contribution in [3.8, 4) is 0 Å². The summed E-state index contributed by atoms with van der Waals surface area (Å²) in [6.07, 6.45) is 1.85. The van der Waals surface area contributed by atoms with Crippen LogP contribution in [0.25, 0.3) is 0 Å². The van der Waals surface area contributed by atoms with E-state index in [0.717, 1.165) is 25.9 Å². The Bertz CT molecular complexity index is 307. The monoisotopic (exact) mass is 205 g/mol. The zero-order chi connectivity index (χ0) is 10.7. The van der Waals surface area contributed by atoms with Gasteiger partial charge in [0.1, 0.15) is 0 Å². The van der Waals surface area contributed by atoms with Crippen molar-refractivity contribution in [2.45, 2.75) is 25.9 Å². The van der Waals surface area contributed by atoms with Crippen LogP contribution in [0.5, 0.6) is 0 Å². The summed E-state index contributed by atoms with van der Waals surface area (Å²) in [5, 5.41) is 12.8. The van der Waals surface area contributed by atoms with Crippen LogP contribution in [0.1, 0.15) is 17.5 Å². The van der Waals surface area contributed by atoms with Crippen molar-refractivity contribution < 1.29 is 5.11 Å². The van der Waals surface area contributed by atoms with E-state index in [0.29, 0.717) is 5.92 Å². The van der Waals surface area contributed by atoms with E-state index in [1.54, 1.807) is 0 Å². The molecule has 0 saturated carbocycles. The maximum atomic E-state index is 9.54. The van der Waals surface area contributed by atoms with E-state index in [-0.39, 0.29) is 6.10 Å². The molecular weight excluding hydrogens is 186 g/mol. The first-order valence-corrected chi connectivity index (χ1v) is 5.68. The van der Waals surface area contributed by atoms with Gasteiger partial charge in [-0.3, -0.25) is 0 Å². The summed E-state index contributed by atoms with van der Waals surface area (Å²) in [6, 6.07) is 8.69. The van der Waals surface area contributed by atoms with E-state index >= 15 is 0 Å². The number of aliphatic hydroxyl groups is 1. The van der Waals surface area contributed by atoms with Crippen molar-refractivity contribution in [1.29, 1.82) is 0 Å². The second-order valence-electron chi connectivity index (χ2n) is 4.60. The molecular formula is C13H19NO. The molecule has 1 aliphatic heterocycles. The standard InChI is InChI=1S/C13H19NO/c1-10-2-4-11(5-3-10)6-12-7-13(15)9-14-8-12/h2-5,12-15H,6-9H2,1H3/t12-,13?/m1/s1. The molecule has 0 radical (unpaired) electrons. The van der Waals surface area contributed by atoms with E-state index in [1.165, 1.54) is 11.1 Å². The van der Waals surface area contributed by atoms with Gasteiger partial charge in [0.05, 0.1) is 6.10 Å². The van der Waals surface area contributed by atoms with Crippen LogP contribution < -0.4 is 5.32 Å². The number of β-amino-alcohol motifs (C(OH)–C–C–N with tert-alkyl or cyclic N) is 1. The maximum absolute atomic E-state index is 9.54. The second kappa shape index (κ2) is 4.77. The largest absolute Gasteiger partial charge is 0.392 e. The highest BCUT2D eigenvalue weighted by Gasteiger charge is 2.19. The highest BCUT2D eigenvalue weighted by molar-refractivity contribution is 5.21. The molecule has 0 bridgehead atoms. The Kier molecular flexibility index (Phi) is 3.39. The Morgan fingerprint density at radius 3 is 2.67 bits per heavy atom. The van der Waals surface area contributed by atoms with Crippen molar-refractivity contribution in [1.82, 2.24) is 5.32 Å². The van der Waals surface area contributed by atoms with Gasteiger partial charge in [0.2, 0.25) is 0 Å². The molecule has 1 aromatic carbocycles. The van der Waals surface area contributed by atoms with Crippen LogP contribution in [0, 0.1) is 12.8 Å². The van der Waals surface area contributed by atoms with Crippen LogP contribution in [-0.4, -0.2) is 24.3 Å². The minimum Gasteiger partial charge on any atom is -0.392 e. The summed E-state index contributed by atoms with van der Waals surface area (Å²) in [4.78, 5) is 0. The zero-order valence-corrected chi connectivity index (χ0v) is 9.24. The number of piperidine rings is 1. The van der Waals surface area contributed by atoms with Gasteiger partial charge in [-0.1, -0.05) is 29.8 Å². The first-order valence-electron chi connectivity index (χ1n) is 5.68. The lowest BCUT2D eigenvalue weighted by Gasteiger charge is -2.26. The third-order valence-electron chi connectivity index (χ3n) is 3.06. The SMILES string of the molecule is Cc1ccc(C[C@H]2CNCC(O)C2)cc1. The van der Waals surface area contributed by atoms with Crippen LogP contribution in [0.15, 0.2) is 24.3 Å². The molecule has 1 heterocycles. The van der Waals surface area contributed by atoms with Gasteiger partial charge in [-0.15, -0.1) is 0 Å². The molecule has 1 saturated heterocycles. The third kappa shape index (κ3) is 3.05. The minimum atomic E-state index is -0.158. The maximum Gasteiger partial charge on any atom is 0.0667 e. The molecule has 2 nitrogen and oxygen atoms in total. The smallest absolute Gasteiger partial charge is 0.0667 e. The van der Waals surface area contributed by atoms with Crippen LogP contribution >= 0.6 is 0 Å². The fraction of sp³-hybridized carbons (Fsp3) is 0.538. The molecule has 15 heavy (non-hydrogen) atoms. The molecule has 0 spiro atoms. The van der Waals surface area contributed by atoms with Gasteiger partial charge in [-0.25, -0.2) is 0 Å². The van der Waals surface area contributed by atoms with Crippen molar-refractivity contribution in [2.24, 2.45) is 5.92 Å². The van der Waals surface area contributed by atoms with Gasteiger partial charge < -0.3 is 10.4 Å². The molecule has 82 valence electrons. The molecule has 2 N–H and O–H groups in total. The number of benzene rings is 1. The lowest BCUT2D eigenvalue weighted by atomic mass is 9.91. The predicted molar refractivity (Wildman–Crippen MR) is 61.9 cm³/mol. The first-order chi connectivity index (χ1) is 7.24. The number of hydrogen-bond donors (Lipinski definition) is 2. The molecule has 0 aromatic heterocycles. The molecule has 1 fully saturated rings. The van der Waals surface area contributed by atoms with Crippen molar-refractivity contribution in [3.63, 3.8) is 0 Å². The third-order valence-corrected chi connectivity index (χ3v) is 3.06. The number of aryl methyl sites for hydroxylation is 1. The quantitative estimate of drug-likeness (QED) is 0.767. The first kappa shape index (κ1) is 10.7. The van der Waals surface area contributed by atoms with E-state index < -0.39 is 0 Å². The molecule has 1 aliphatic rings. The Morgan fingerprint density at radius 2 is 2.00 bits per heavy atom. The lowest BCUT2D eigenvalue weighted by Crippen LogP contribution is -2.40. The van der Waals surface area contributed by atoms with Crippen LogP contribution in [0.2, 0.25) is 0 Å². The van der Waals surface area contributed by atoms with Gasteiger partial charge in [0, 0.05) is 6.54 Å². The Morgan fingerprint density at radius 1 is 1.27 bits per heavy atom. The van der Waals surface area contributed by atoms with Crippen LogP contribution in [0.4, 0.5) is 0 Å². The highest BCUT2D eigenvalue weighted by atomic mass is 16.3. The van der Waals surface area contributed by atoms with E-state index in [9.17, 15) is 5.11 Å². The molecule has 1 aromatic rings. The molecule has 2 rings (SSSR count). The number of rotatable bonds is 2. The molecule has 1 unspecified atom stereocenters. The van der Waals surface area contributed by atoms with Crippen molar-refractivity contribution in [3.05, 3.63) is 35.4 Å². The predicted octanol–water partition coefficient (Wildman–Crippen LogP) is 1.51. The summed E-state index contributed by atoms with van der Waals surface area (Å²) in [6.45, 7) is 3.89. The van der Waals surface area contributed by atoms with Gasteiger partial charge >= 0.3 is 0 Å². The average Bonchev–Trinajstić information content (AvgIpc) is 2.22. The van der Waals surface area contributed by atoms with Crippen molar-refractivity contribution in [2.75, 3.05) is 13.1 Å². The summed E-state index contributed by atoms with van der Waals surface area (Å²) in [5.41, 5.74) is 2.68. The second-order valence-corrected chi connectivity index (χ2v) is 4.60. The Labute approximate surface area is 91.3 Å². The molecule has 0 aliphatic carbocycles. The van der Waals surface area contributed by atoms with Crippen LogP contribution in [0.3, 0.4) is 0 Å². The van der Waals surface area contributed by atoms with Gasteiger partial charge in [0.25, 0.3) is 0 Å². The van der Waals surface area contributed by atoms with Gasteiger partial charge in [0.15, 0.2) is 0 Å². The summed E-state index contributed by atoms with van der Waals surface area (Å²) in [7, 11) is 0. The van der Waals surface area contributed by atoms with Gasteiger partial charge in [-0.2, -0.15) is 0 Å². The van der Waals surface area contributed by atoms with Crippen molar-refractivity contribution >= 4 is 0 Å². The molecule has 0 amide bonds. The summed E-state index contributed by atoms with van der Waals surface area (Å²) in [5.74, 6) is 0.580. The Balaban J connectivity index is 1.93. The number of hydrogen-bond acceptors (Lipinski definition) is 2. The summed E-state index contributed by atoms with van der Waals surface area (Å²) >= 11 is 0. The number of aliphatic hydroxyl groups excluding tert-OH is 1. The van der Waals surface area contributed by atoms with Crippen LogP contribution in [-0.2, 0) is 6.42 Å². The van der Waals surface area contributed by atoms with E-state index in [4.69, 9.17) is 0 Å². The zero-order valence-electron chi connectivity index (χ0n) is 9.24. The lowest BCUT2D eigenvalue weighted by molar-refractivity contribution is 0.114. The fourth-order valence-electron chi connectivity index (χ4n) is 2.22. The minimum absolute atomic E-state index is 0.158. The number of nitrogens with one attached hydrogen (secondary N) is 1. The highest BCUT2D eigenvalue weighted by Crippen LogP contribution is 2.17. The Hall–Kier alpha value is -0.860. The van der Waals surface area contributed by atoms with Gasteiger partial charge in [-0.05, 0) is 37.8 Å². The fourth-order valence-corrected chi connectivity index (χ4v) is 2.22. The van der Waals surface area contributed by atoms with E-state index in [1.807, 2.05) is 0 Å². The average molecular weight is 205 g/mol. The molecule has 2 atom stereocenters.